The summed E-state index contributed by atoms with van der Waals surface area (Å²) in [5.41, 5.74) is 0.931. The predicted molar refractivity (Wildman–Crippen MR) is 225 cm³/mol. The fourth-order valence-corrected chi connectivity index (χ4v) is 9.01. The molecule has 0 aromatic heterocycles. The minimum absolute atomic E-state index is 0.0225. The minimum Gasteiger partial charge on any atom is -0.385 e. The first-order valence-corrected chi connectivity index (χ1v) is 23.9. The number of amides is 2. The van der Waals surface area contributed by atoms with Crippen LogP contribution in [0.1, 0.15) is 69.1 Å². The molecule has 342 valence electrons. The highest BCUT2D eigenvalue weighted by Crippen LogP contribution is 2.50. The summed E-state index contributed by atoms with van der Waals surface area (Å²) in [6.07, 6.45) is 5.03. The van der Waals surface area contributed by atoms with Crippen molar-refractivity contribution in [1.82, 2.24) is 5.06 Å². The van der Waals surface area contributed by atoms with Gasteiger partial charge in [-0.25, -0.2) is 4.79 Å². The Bertz CT molecular complexity index is 2420. The van der Waals surface area contributed by atoms with Crippen LogP contribution in [0.2, 0.25) is 0 Å². The average molecular weight is 928 g/mol. The third-order valence-corrected chi connectivity index (χ3v) is 13.3. The number of anilines is 1. The number of fused-ring (bicyclic) bond motifs is 1. The van der Waals surface area contributed by atoms with Gasteiger partial charge in [-0.2, -0.15) is 25.3 Å². The van der Waals surface area contributed by atoms with Crippen molar-refractivity contribution in [2.24, 2.45) is 4.99 Å². The molecule has 1 saturated heterocycles. The zero-order valence-electron chi connectivity index (χ0n) is 35.1. The summed E-state index contributed by atoms with van der Waals surface area (Å²) < 4.78 is 119. The summed E-state index contributed by atoms with van der Waals surface area (Å²) in [6.45, 7) is 5.91. The lowest BCUT2D eigenvalue weighted by molar-refractivity contribution is -0.198. The molecule has 2 aliphatic rings. The number of ether oxygens (including phenoxy) is 3. The van der Waals surface area contributed by atoms with Crippen molar-refractivity contribution >= 4 is 59.5 Å². The maximum absolute atomic E-state index is 12.4. The number of benzene rings is 2. The molecule has 22 heteroatoms. The Hall–Kier alpha value is -4.39. The molecule has 2 atom stereocenters. The quantitative estimate of drug-likeness (QED) is 0.0619. The number of carbonyl (C=O) groups excluding carboxylic acids is 3. The maximum atomic E-state index is 12.4. The first-order valence-electron chi connectivity index (χ1n) is 19.5. The van der Waals surface area contributed by atoms with Crippen LogP contribution in [0.15, 0.2) is 75.1 Å². The van der Waals surface area contributed by atoms with E-state index < -0.39 is 69.6 Å². The van der Waals surface area contributed by atoms with Crippen LogP contribution in [0.3, 0.4) is 0 Å². The molecule has 1 fully saturated rings. The molecule has 2 heterocycles. The summed E-state index contributed by atoms with van der Waals surface area (Å²) in [5.74, 6) is -2.68. The number of allylic oxidation sites excluding steroid dienone is 4. The van der Waals surface area contributed by atoms with Gasteiger partial charge in [0.25, 0.3) is 42.2 Å². The lowest BCUT2D eigenvalue weighted by Gasteiger charge is -2.33. The molecule has 0 saturated carbocycles. The van der Waals surface area contributed by atoms with Gasteiger partial charge in [-0.15, -0.1) is 5.06 Å². The van der Waals surface area contributed by atoms with Crippen LogP contribution in [-0.2, 0) is 74.6 Å². The van der Waals surface area contributed by atoms with Crippen LogP contribution in [-0.4, -0.2) is 127 Å². The molecule has 2 aromatic carbocycles. The van der Waals surface area contributed by atoms with Crippen molar-refractivity contribution in [2.75, 3.05) is 64.4 Å². The maximum Gasteiger partial charge on any atom is 0.335 e. The first kappa shape index (κ1) is 50.3. The predicted octanol–water partition coefficient (Wildman–Crippen LogP) is 3.77. The number of hydroxylamine groups is 2. The Kier molecular flexibility index (Phi) is 16.9. The molecule has 0 aliphatic carbocycles. The molecule has 2 aromatic rings. The number of aryl methyl sites for hydroxylation is 1. The molecule has 19 nitrogen and oxygen atoms in total. The van der Waals surface area contributed by atoms with E-state index in [4.69, 9.17) is 24.0 Å². The lowest BCUT2D eigenvalue weighted by atomic mass is 9.72. The van der Waals surface area contributed by atoms with Crippen LogP contribution >= 0.6 is 0 Å². The molecular formula is C40H53N3O16S3. The van der Waals surface area contributed by atoms with E-state index in [0.717, 1.165) is 0 Å². The topological polar surface area (TPSA) is 270 Å². The van der Waals surface area contributed by atoms with Gasteiger partial charge in [0.1, 0.15) is 0 Å². The molecule has 2 aliphatic heterocycles. The lowest BCUT2D eigenvalue weighted by Crippen LogP contribution is -2.34. The van der Waals surface area contributed by atoms with E-state index in [-0.39, 0.29) is 76.5 Å². The number of methoxy groups -OCH3 is 2. The standard InChI is InChI=1S/C40H53N3O16S3/c1-28-10-11-29(61(50,51)52)26-31(28)39(2,17-7-25-60(47,48)49)34(41-19-23-57-5)8-6-9-35-40(3,18-22-56-4)32-27-30(62(53,54)55)12-13-33(32)42(35)20-24-58-21-16-38(46)59-43-36(44)14-15-37(43)45/h6,8-13,26-27H,7,14-25H2,1-5H3,(H,47,48,49)(H,50,51,52)(H,53,54,55)/b8-6+,35-9+,41-34+. The molecule has 2 amide bonds. The fraction of sp³-hybridized carbons (Fsp3) is 0.500. The largest absolute Gasteiger partial charge is 0.385 e. The van der Waals surface area contributed by atoms with Gasteiger partial charge in [0.05, 0.1) is 48.3 Å². The van der Waals surface area contributed by atoms with Gasteiger partial charge in [-0.05, 0) is 99.2 Å². The Morgan fingerprint density at radius 3 is 2.15 bits per heavy atom. The summed E-state index contributed by atoms with van der Waals surface area (Å²) in [4.78, 5) is 46.9. The van der Waals surface area contributed by atoms with Gasteiger partial charge in [-0.1, -0.05) is 12.1 Å². The van der Waals surface area contributed by atoms with E-state index >= 15 is 0 Å². The Morgan fingerprint density at radius 2 is 1.53 bits per heavy atom. The van der Waals surface area contributed by atoms with Crippen LogP contribution in [0.4, 0.5) is 5.69 Å². The number of hydrogen-bond acceptors (Lipinski definition) is 15. The van der Waals surface area contributed by atoms with Gasteiger partial charge in [0.2, 0.25) is 0 Å². The smallest absolute Gasteiger partial charge is 0.335 e. The molecular weight excluding hydrogens is 875 g/mol. The van der Waals surface area contributed by atoms with E-state index in [1.165, 1.54) is 44.6 Å². The number of imide groups is 1. The van der Waals surface area contributed by atoms with Crippen molar-refractivity contribution in [3.8, 4) is 0 Å². The van der Waals surface area contributed by atoms with Crippen LogP contribution < -0.4 is 4.90 Å². The van der Waals surface area contributed by atoms with Crippen LogP contribution in [0.5, 0.6) is 0 Å². The molecule has 3 N–H and O–H groups in total. The van der Waals surface area contributed by atoms with E-state index in [9.17, 15) is 53.3 Å². The van der Waals surface area contributed by atoms with E-state index in [2.05, 4.69) is 0 Å². The van der Waals surface area contributed by atoms with E-state index in [1.807, 2.05) is 11.8 Å². The molecule has 0 bridgehead atoms. The molecule has 62 heavy (non-hydrogen) atoms. The number of hydrogen-bond donors (Lipinski definition) is 3. The van der Waals surface area contributed by atoms with Gasteiger partial charge < -0.3 is 23.9 Å². The Morgan fingerprint density at radius 1 is 0.903 bits per heavy atom. The second-order valence-corrected chi connectivity index (χ2v) is 19.5. The highest BCUT2D eigenvalue weighted by molar-refractivity contribution is 7.86. The zero-order chi connectivity index (χ0) is 46.1. The monoisotopic (exact) mass is 927 g/mol. The second kappa shape index (κ2) is 20.9. The third kappa shape index (κ3) is 12.6. The first-order chi connectivity index (χ1) is 29.0. The molecule has 0 radical (unpaired) electrons. The van der Waals surface area contributed by atoms with Gasteiger partial charge in [-0.3, -0.25) is 28.2 Å². The molecule has 4 rings (SSSR count). The average Bonchev–Trinajstić information content (AvgIpc) is 3.62. The second-order valence-electron chi connectivity index (χ2n) is 15.1. The third-order valence-electron chi connectivity index (χ3n) is 10.8. The number of rotatable bonds is 23. The number of nitrogens with zero attached hydrogens (tertiary/aromatic N) is 3. The van der Waals surface area contributed by atoms with Crippen molar-refractivity contribution in [2.45, 2.75) is 79.9 Å². The summed E-state index contributed by atoms with van der Waals surface area (Å²) in [5, 5.41) is 0.448. The van der Waals surface area contributed by atoms with Crippen molar-refractivity contribution in [3.63, 3.8) is 0 Å². The summed E-state index contributed by atoms with van der Waals surface area (Å²) >= 11 is 0. The summed E-state index contributed by atoms with van der Waals surface area (Å²) in [6, 6.07) is 8.23. The van der Waals surface area contributed by atoms with Crippen LogP contribution in [0, 0.1) is 6.92 Å². The zero-order valence-corrected chi connectivity index (χ0v) is 37.6. The highest BCUT2D eigenvalue weighted by Gasteiger charge is 2.44. The van der Waals surface area contributed by atoms with Crippen molar-refractivity contribution < 1.29 is 72.3 Å². The van der Waals surface area contributed by atoms with Crippen molar-refractivity contribution in [1.29, 1.82) is 0 Å². The SMILES string of the molecule is COCC\N=C(/C=C/C=C1/N(CCOCCC(=O)ON2C(=O)CCC2=O)c2ccc(S(=O)(=O)O)cc2C1(C)CCOC)C(C)(CCCS(=O)(=O)O)c1cc(S(=O)(=O)O)ccc1C. The summed E-state index contributed by atoms with van der Waals surface area (Å²) in [7, 11) is -10.7. The van der Waals surface area contributed by atoms with Crippen LogP contribution in [0.25, 0.3) is 0 Å². The number of aliphatic imine (C=N–C) groups is 1. The fourth-order valence-electron chi connectivity index (χ4n) is 7.48. The normalized spacial score (nSPS) is 19.2. The molecule has 2 unspecified atom stereocenters. The number of carbonyl (C=O) groups is 3. The minimum atomic E-state index is -4.66. The highest BCUT2D eigenvalue weighted by atomic mass is 32.2. The van der Waals surface area contributed by atoms with E-state index in [0.29, 0.717) is 45.3 Å². The van der Waals surface area contributed by atoms with Gasteiger partial charge >= 0.3 is 5.97 Å². The van der Waals surface area contributed by atoms with Gasteiger partial charge in [0, 0.05) is 68.1 Å². The van der Waals surface area contributed by atoms with Crippen molar-refractivity contribution in [3.05, 3.63) is 77.0 Å². The van der Waals surface area contributed by atoms with Gasteiger partial charge in [0.15, 0.2) is 0 Å². The molecule has 0 spiro atoms. The Balaban J connectivity index is 1.79. The van der Waals surface area contributed by atoms with E-state index in [1.54, 1.807) is 38.1 Å². The Labute approximate surface area is 362 Å².